The van der Waals surface area contributed by atoms with Gasteiger partial charge in [-0.15, -0.1) is 0 Å². The zero-order chi connectivity index (χ0) is 15.5. The molecule has 0 bridgehead atoms. The van der Waals surface area contributed by atoms with Crippen LogP contribution in [0.3, 0.4) is 0 Å². The van der Waals surface area contributed by atoms with E-state index in [1.54, 1.807) is 0 Å². The Hall–Kier alpha value is -1.76. The summed E-state index contributed by atoms with van der Waals surface area (Å²) in [5.74, 6) is 0. The van der Waals surface area contributed by atoms with Gasteiger partial charge in [0.25, 0.3) is 0 Å². The normalized spacial score (nSPS) is 17.5. The standard InChI is InChI=1S/C14H17F3N2O2/c15-14(16,17)10-5-1-2-6-11(10)18-12(21)19-13(9-20)7-3-4-8-13/h1-2,5-6,20H,3-4,7-9H2,(H2,18,19,21). The van der Waals surface area contributed by atoms with Gasteiger partial charge in [0.2, 0.25) is 0 Å². The van der Waals surface area contributed by atoms with Crippen molar-refractivity contribution in [3.05, 3.63) is 29.8 Å². The van der Waals surface area contributed by atoms with Gasteiger partial charge in [-0.2, -0.15) is 13.2 Å². The largest absolute Gasteiger partial charge is 0.418 e. The second kappa shape index (κ2) is 5.93. The van der Waals surface area contributed by atoms with Crippen LogP contribution in [0.25, 0.3) is 0 Å². The number of hydrogen-bond donors (Lipinski definition) is 3. The molecule has 1 aliphatic carbocycles. The van der Waals surface area contributed by atoms with Crippen molar-refractivity contribution < 1.29 is 23.1 Å². The maximum atomic E-state index is 12.8. The second-order valence-corrected chi connectivity index (χ2v) is 5.27. The highest BCUT2D eigenvalue weighted by Crippen LogP contribution is 2.35. The zero-order valence-corrected chi connectivity index (χ0v) is 11.3. The summed E-state index contributed by atoms with van der Waals surface area (Å²) >= 11 is 0. The molecule has 1 aromatic carbocycles. The number of para-hydroxylation sites is 1. The van der Waals surface area contributed by atoms with Gasteiger partial charge in [0.05, 0.1) is 23.4 Å². The van der Waals surface area contributed by atoms with Gasteiger partial charge in [-0.05, 0) is 25.0 Å². The van der Waals surface area contributed by atoms with Gasteiger partial charge in [0.1, 0.15) is 0 Å². The summed E-state index contributed by atoms with van der Waals surface area (Å²) in [4.78, 5) is 11.9. The van der Waals surface area contributed by atoms with Crippen LogP contribution in [-0.2, 0) is 6.18 Å². The summed E-state index contributed by atoms with van der Waals surface area (Å²) in [5.41, 5.74) is -1.92. The minimum atomic E-state index is -4.54. The molecule has 1 aliphatic rings. The number of carbonyl (C=O) groups is 1. The molecule has 2 rings (SSSR count). The summed E-state index contributed by atoms with van der Waals surface area (Å²) in [7, 11) is 0. The average molecular weight is 302 g/mol. The van der Waals surface area contributed by atoms with Crippen LogP contribution in [0.2, 0.25) is 0 Å². The molecule has 0 atom stereocenters. The van der Waals surface area contributed by atoms with E-state index in [9.17, 15) is 23.1 Å². The first-order valence-electron chi connectivity index (χ1n) is 6.73. The summed E-state index contributed by atoms with van der Waals surface area (Å²) < 4.78 is 38.5. The number of aliphatic hydroxyl groups excluding tert-OH is 1. The van der Waals surface area contributed by atoms with Crippen molar-refractivity contribution in [2.45, 2.75) is 37.4 Å². The van der Waals surface area contributed by atoms with Gasteiger partial charge in [0, 0.05) is 0 Å². The Morgan fingerprint density at radius 2 is 1.86 bits per heavy atom. The molecule has 7 heteroatoms. The van der Waals surface area contributed by atoms with Crippen molar-refractivity contribution in [2.24, 2.45) is 0 Å². The molecule has 116 valence electrons. The molecular weight excluding hydrogens is 285 g/mol. The van der Waals surface area contributed by atoms with E-state index in [0.29, 0.717) is 12.8 Å². The predicted octanol–water partition coefficient (Wildman–Crippen LogP) is 3.13. The summed E-state index contributed by atoms with van der Waals surface area (Å²) in [5, 5.41) is 14.2. The number of halogens is 3. The molecule has 21 heavy (non-hydrogen) atoms. The molecule has 0 aliphatic heterocycles. The first kappa shape index (κ1) is 15.6. The van der Waals surface area contributed by atoms with Crippen molar-refractivity contribution in [1.29, 1.82) is 0 Å². The van der Waals surface area contributed by atoms with Gasteiger partial charge in [-0.3, -0.25) is 0 Å². The SMILES string of the molecule is O=C(Nc1ccccc1C(F)(F)F)NC1(CO)CCCC1. The smallest absolute Gasteiger partial charge is 0.394 e. The van der Waals surface area contributed by atoms with Crippen LogP contribution in [0.1, 0.15) is 31.2 Å². The van der Waals surface area contributed by atoms with E-state index in [0.717, 1.165) is 18.9 Å². The maximum absolute atomic E-state index is 12.8. The fraction of sp³-hybridized carbons (Fsp3) is 0.500. The lowest BCUT2D eigenvalue weighted by molar-refractivity contribution is -0.136. The molecule has 0 aromatic heterocycles. The van der Waals surface area contributed by atoms with Crippen molar-refractivity contribution in [3.8, 4) is 0 Å². The lowest BCUT2D eigenvalue weighted by atomic mass is 9.99. The van der Waals surface area contributed by atoms with Crippen LogP contribution in [0.15, 0.2) is 24.3 Å². The molecule has 4 nitrogen and oxygen atoms in total. The van der Waals surface area contributed by atoms with Crippen LogP contribution in [0.5, 0.6) is 0 Å². The number of anilines is 1. The highest BCUT2D eigenvalue weighted by Gasteiger charge is 2.36. The summed E-state index contributed by atoms with van der Waals surface area (Å²) in [6.45, 7) is -0.221. The van der Waals surface area contributed by atoms with Crippen LogP contribution in [0, 0.1) is 0 Å². The summed E-state index contributed by atoms with van der Waals surface area (Å²) in [6, 6.07) is 4.05. The van der Waals surface area contributed by atoms with Crippen LogP contribution >= 0.6 is 0 Å². The molecule has 2 amide bonds. The van der Waals surface area contributed by atoms with E-state index < -0.39 is 23.3 Å². The molecule has 0 saturated heterocycles. The predicted molar refractivity (Wildman–Crippen MR) is 71.9 cm³/mol. The molecule has 0 unspecified atom stereocenters. The van der Waals surface area contributed by atoms with Crippen molar-refractivity contribution in [2.75, 3.05) is 11.9 Å². The van der Waals surface area contributed by atoms with Crippen molar-refractivity contribution in [1.82, 2.24) is 5.32 Å². The fourth-order valence-corrected chi connectivity index (χ4v) is 2.61. The second-order valence-electron chi connectivity index (χ2n) is 5.27. The average Bonchev–Trinajstić information content (AvgIpc) is 2.87. The Morgan fingerprint density at radius 3 is 2.43 bits per heavy atom. The van der Waals surface area contributed by atoms with Gasteiger partial charge < -0.3 is 15.7 Å². The van der Waals surface area contributed by atoms with Gasteiger partial charge in [-0.25, -0.2) is 4.79 Å². The molecule has 0 spiro atoms. The highest BCUT2D eigenvalue weighted by molar-refractivity contribution is 5.90. The minimum Gasteiger partial charge on any atom is -0.394 e. The number of benzene rings is 1. The van der Waals surface area contributed by atoms with E-state index in [1.165, 1.54) is 18.2 Å². The lowest BCUT2D eigenvalue weighted by Crippen LogP contribution is -2.50. The van der Waals surface area contributed by atoms with E-state index in [1.807, 2.05) is 0 Å². The first-order valence-corrected chi connectivity index (χ1v) is 6.73. The Morgan fingerprint density at radius 1 is 1.24 bits per heavy atom. The van der Waals surface area contributed by atoms with Gasteiger partial charge >= 0.3 is 12.2 Å². The lowest BCUT2D eigenvalue weighted by Gasteiger charge is -2.28. The molecule has 0 heterocycles. The number of carbonyl (C=O) groups excluding carboxylic acids is 1. The highest BCUT2D eigenvalue weighted by atomic mass is 19.4. The van der Waals surface area contributed by atoms with Crippen LogP contribution in [0.4, 0.5) is 23.7 Å². The number of nitrogens with one attached hydrogen (secondary N) is 2. The number of amides is 2. The number of urea groups is 1. The number of alkyl halides is 3. The topological polar surface area (TPSA) is 61.4 Å². The molecule has 1 saturated carbocycles. The molecule has 3 N–H and O–H groups in total. The fourth-order valence-electron chi connectivity index (χ4n) is 2.61. The van der Waals surface area contributed by atoms with Gasteiger partial charge in [-0.1, -0.05) is 25.0 Å². The number of hydrogen-bond acceptors (Lipinski definition) is 2. The Bertz CT molecular complexity index is 511. The van der Waals surface area contributed by atoms with Gasteiger partial charge in [0.15, 0.2) is 0 Å². The van der Waals surface area contributed by atoms with E-state index in [4.69, 9.17) is 0 Å². The summed E-state index contributed by atoms with van der Waals surface area (Å²) in [6.07, 6.45) is -1.54. The van der Waals surface area contributed by atoms with Crippen LogP contribution < -0.4 is 10.6 Å². The van der Waals surface area contributed by atoms with E-state index >= 15 is 0 Å². The Kier molecular flexibility index (Phi) is 4.41. The van der Waals surface area contributed by atoms with E-state index in [2.05, 4.69) is 10.6 Å². The molecule has 1 fully saturated rings. The third-order valence-corrected chi connectivity index (χ3v) is 3.72. The molecule has 1 aromatic rings. The Labute approximate surface area is 120 Å². The number of aliphatic hydroxyl groups is 1. The number of rotatable bonds is 3. The third kappa shape index (κ3) is 3.66. The third-order valence-electron chi connectivity index (χ3n) is 3.72. The monoisotopic (exact) mass is 302 g/mol. The van der Waals surface area contributed by atoms with E-state index in [-0.39, 0.29) is 12.3 Å². The maximum Gasteiger partial charge on any atom is 0.418 e. The van der Waals surface area contributed by atoms with Crippen LogP contribution in [-0.4, -0.2) is 23.3 Å². The quantitative estimate of drug-likeness (QED) is 0.803. The molecular formula is C14H17F3N2O2. The Balaban J connectivity index is 2.10. The molecule has 0 radical (unpaired) electrons. The van der Waals surface area contributed by atoms with Crippen molar-refractivity contribution >= 4 is 11.7 Å². The minimum absolute atomic E-state index is 0.221. The first-order chi connectivity index (χ1) is 9.86. The van der Waals surface area contributed by atoms with Crippen molar-refractivity contribution in [3.63, 3.8) is 0 Å². The zero-order valence-electron chi connectivity index (χ0n) is 11.3.